The Hall–Kier alpha value is -3.41. The average molecular weight is 361 g/mol. The van der Waals surface area contributed by atoms with Crippen molar-refractivity contribution in [3.05, 3.63) is 71.7 Å². The molecule has 0 atom stereocenters. The molecule has 6 heteroatoms. The zero-order chi connectivity index (χ0) is 19.4. The van der Waals surface area contributed by atoms with Crippen LogP contribution < -0.4 is 15.5 Å². The van der Waals surface area contributed by atoms with Crippen molar-refractivity contribution in [2.75, 3.05) is 29.6 Å². The monoisotopic (exact) mass is 361 g/mol. The standard InChI is InChI=1S/C21H23N5O/c1-14-5-7-16(8-6-14)24-20-13-19(22-15(2)23-20)21(27)25-17-9-11-18(12-10-17)26(3)4/h5-13H,1-4H3,(H,25,27)(H,22,23,24). The minimum atomic E-state index is -0.273. The number of rotatable bonds is 5. The van der Waals surface area contributed by atoms with Crippen molar-refractivity contribution in [1.82, 2.24) is 9.97 Å². The van der Waals surface area contributed by atoms with Crippen molar-refractivity contribution in [1.29, 1.82) is 0 Å². The molecule has 1 aromatic heterocycles. The second-order valence-corrected chi connectivity index (χ2v) is 6.57. The molecule has 2 N–H and O–H groups in total. The van der Waals surface area contributed by atoms with Gasteiger partial charge in [0.05, 0.1) is 0 Å². The first-order valence-corrected chi connectivity index (χ1v) is 8.69. The number of nitrogens with zero attached hydrogens (tertiary/aromatic N) is 3. The molecule has 0 unspecified atom stereocenters. The fraction of sp³-hybridized carbons (Fsp3) is 0.190. The molecule has 0 saturated carbocycles. The van der Waals surface area contributed by atoms with Gasteiger partial charge in [0.2, 0.25) is 0 Å². The number of benzene rings is 2. The van der Waals surface area contributed by atoms with Crippen molar-refractivity contribution in [3.8, 4) is 0 Å². The van der Waals surface area contributed by atoms with Gasteiger partial charge < -0.3 is 15.5 Å². The molecule has 0 saturated heterocycles. The van der Waals surface area contributed by atoms with Crippen LogP contribution in [0.25, 0.3) is 0 Å². The highest BCUT2D eigenvalue weighted by atomic mass is 16.1. The van der Waals surface area contributed by atoms with Crippen LogP contribution in [0, 0.1) is 13.8 Å². The summed E-state index contributed by atoms with van der Waals surface area (Å²) < 4.78 is 0. The van der Waals surface area contributed by atoms with Gasteiger partial charge in [-0.25, -0.2) is 9.97 Å². The van der Waals surface area contributed by atoms with Crippen molar-refractivity contribution in [3.63, 3.8) is 0 Å². The molecule has 0 aliphatic carbocycles. The molecule has 138 valence electrons. The van der Waals surface area contributed by atoms with E-state index in [1.54, 1.807) is 13.0 Å². The van der Waals surface area contributed by atoms with Crippen molar-refractivity contribution in [2.24, 2.45) is 0 Å². The van der Waals surface area contributed by atoms with E-state index in [2.05, 4.69) is 20.6 Å². The topological polar surface area (TPSA) is 70.2 Å². The van der Waals surface area contributed by atoms with Gasteiger partial charge in [0.25, 0.3) is 5.91 Å². The van der Waals surface area contributed by atoms with Crippen LogP contribution in [0.3, 0.4) is 0 Å². The van der Waals surface area contributed by atoms with Gasteiger partial charge in [-0.15, -0.1) is 0 Å². The number of anilines is 4. The lowest BCUT2D eigenvalue weighted by molar-refractivity contribution is 0.102. The summed E-state index contributed by atoms with van der Waals surface area (Å²) in [4.78, 5) is 23.2. The number of carbonyl (C=O) groups excluding carboxylic acids is 1. The Bertz CT molecular complexity index is 934. The number of carbonyl (C=O) groups is 1. The number of hydrogen-bond acceptors (Lipinski definition) is 5. The third-order valence-corrected chi connectivity index (χ3v) is 4.04. The first kappa shape index (κ1) is 18.4. The van der Waals surface area contributed by atoms with Crippen LogP contribution >= 0.6 is 0 Å². The molecule has 27 heavy (non-hydrogen) atoms. The van der Waals surface area contributed by atoms with Gasteiger partial charge in [-0.05, 0) is 50.2 Å². The Morgan fingerprint density at radius 2 is 1.52 bits per heavy atom. The molecule has 0 fully saturated rings. The summed E-state index contributed by atoms with van der Waals surface area (Å²) in [6.07, 6.45) is 0. The van der Waals surface area contributed by atoms with Crippen LogP contribution in [-0.4, -0.2) is 30.0 Å². The molecule has 1 amide bonds. The maximum absolute atomic E-state index is 12.6. The van der Waals surface area contributed by atoms with E-state index in [1.165, 1.54) is 5.56 Å². The van der Waals surface area contributed by atoms with E-state index in [0.717, 1.165) is 17.1 Å². The molecule has 3 rings (SSSR count). The molecule has 0 spiro atoms. The number of nitrogens with one attached hydrogen (secondary N) is 2. The van der Waals surface area contributed by atoms with Gasteiger partial charge in [0, 0.05) is 37.2 Å². The number of aryl methyl sites for hydroxylation is 2. The van der Waals surface area contributed by atoms with E-state index in [1.807, 2.05) is 74.4 Å². The third-order valence-electron chi connectivity index (χ3n) is 4.04. The highest BCUT2D eigenvalue weighted by Gasteiger charge is 2.11. The van der Waals surface area contributed by atoms with E-state index in [9.17, 15) is 4.79 Å². The minimum absolute atomic E-state index is 0.273. The summed E-state index contributed by atoms with van der Waals surface area (Å²) in [6.45, 7) is 3.80. The SMILES string of the molecule is Cc1ccc(Nc2cc(C(=O)Nc3ccc(N(C)C)cc3)nc(C)n2)cc1. The second kappa shape index (κ2) is 7.86. The molecule has 0 radical (unpaired) electrons. The molecule has 0 aliphatic rings. The molecular formula is C21H23N5O. The summed E-state index contributed by atoms with van der Waals surface area (Å²) in [7, 11) is 3.94. The van der Waals surface area contributed by atoms with Crippen LogP contribution in [0.4, 0.5) is 22.9 Å². The summed E-state index contributed by atoms with van der Waals surface area (Å²) in [6, 6.07) is 17.3. The lowest BCUT2D eigenvalue weighted by Gasteiger charge is -2.13. The first-order valence-electron chi connectivity index (χ1n) is 8.69. The highest BCUT2D eigenvalue weighted by molar-refractivity contribution is 6.03. The van der Waals surface area contributed by atoms with E-state index >= 15 is 0 Å². The van der Waals surface area contributed by atoms with E-state index in [0.29, 0.717) is 17.3 Å². The Morgan fingerprint density at radius 1 is 0.889 bits per heavy atom. The normalized spacial score (nSPS) is 10.4. The Kier molecular flexibility index (Phi) is 5.35. The predicted octanol–water partition coefficient (Wildman–Crippen LogP) is 4.16. The maximum Gasteiger partial charge on any atom is 0.274 e. The summed E-state index contributed by atoms with van der Waals surface area (Å²) in [5.74, 6) is 0.838. The fourth-order valence-electron chi connectivity index (χ4n) is 2.57. The number of aromatic nitrogens is 2. The number of hydrogen-bond donors (Lipinski definition) is 2. The first-order chi connectivity index (χ1) is 12.9. The third kappa shape index (κ3) is 4.82. The van der Waals surface area contributed by atoms with Gasteiger partial charge in [-0.1, -0.05) is 17.7 Å². The van der Waals surface area contributed by atoms with E-state index in [4.69, 9.17) is 0 Å². The molecule has 6 nitrogen and oxygen atoms in total. The van der Waals surface area contributed by atoms with Crippen LogP contribution in [0.15, 0.2) is 54.6 Å². The quantitative estimate of drug-likeness (QED) is 0.714. The highest BCUT2D eigenvalue weighted by Crippen LogP contribution is 2.18. The van der Waals surface area contributed by atoms with E-state index in [-0.39, 0.29) is 5.91 Å². The molecule has 2 aromatic carbocycles. The minimum Gasteiger partial charge on any atom is -0.378 e. The zero-order valence-electron chi connectivity index (χ0n) is 15.9. The smallest absolute Gasteiger partial charge is 0.274 e. The van der Waals surface area contributed by atoms with Crippen LogP contribution in [0.1, 0.15) is 21.9 Å². The van der Waals surface area contributed by atoms with Crippen LogP contribution in [0.2, 0.25) is 0 Å². The maximum atomic E-state index is 12.6. The second-order valence-electron chi connectivity index (χ2n) is 6.57. The molecular weight excluding hydrogens is 338 g/mol. The van der Waals surface area contributed by atoms with Gasteiger partial charge in [-0.3, -0.25) is 4.79 Å². The fourth-order valence-corrected chi connectivity index (χ4v) is 2.57. The lowest BCUT2D eigenvalue weighted by atomic mass is 10.2. The van der Waals surface area contributed by atoms with Crippen molar-refractivity contribution >= 4 is 28.8 Å². The molecule has 3 aromatic rings. The zero-order valence-corrected chi connectivity index (χ0v) is 15.9. The predicted molar refractivity (Wildman–Crippen MR) is 110 cm³/mol. The van der Waals surface area contributed by atoms with Crippen LogP contribution in [0.5, 0.6) is 0 Å². The lowest BCUT2D eigenvalue weighted by Crippen LogP contribution is -2.15. The van der Waals surface area contributed by atoms with Crippen molar-refractivity contribution in [2.45, 2.75) is 13.8 Å². The largest absolute Gasteiger partial charge is 0.378 e. The molecule has 0 aliphatic heterocycles. The summed E-state index contributed by atoms with van der Waals surface area (Å²) >= 11 is 0. The Balaban J connectivity index is 1.76. The Labute approximate surface area is 159 Å². The van der Waals surface area contributed by atoms with Gasteiger partial charge in [0.1, 0.15) is 17.3 Å². The molecule has 0 bridgehead atoms. The Morgan fingerprint density at radius 3 is 2.15 bits per heavy atom. The van der Waals surface area contributed by atoms with E-state index < -0.39 is 0 Å². The molecule has 1 heterocycles. The summed E-state index contributed by atoms with van der Waals surface area (Å²) in [5, 5.41) is 6.09. The summed E-state index contributed by atoms with van der Waals surface area (Å²) in [5.41, 5.74) is 4.18. The van der Waals surface area contributed by atoms with Gasteiger partial charge in [0.15, 0.2) is 0 Å². The van der Waals surface area contributed by atoms with Crippen molar-refractivity contribution < 1.29 is 4.79 Å². The van der Waals surface area contributed by atoms with Crippen LogP contribution in [-0.2, 0) is 0 Å². The number of amides is 1. The average Bonchev–Trinajstić information content (AvgIpc) is 2.63. The van der Waals surface area contributed by atoms with Gasteiger partial charge in [-0.2, -0.15) is 0 Å². The van der Waals surface area contributed by atoms with Gasteiger partial charge >= 0.3 is 0 Å².